The predicted octanol–water partition coefficient (Wildman–Crippen LogP) is -4.78. The van der Waals surface area contributed by atoms with Gasteiger partial charge in [0, 0.05) is 14.1 Å². The van der Waals surface area contributed by atoms with Gasteiger partial charge >= 0.3 is 5.69 Å². The van der Waals surface area contributed by atoms with E-state index in [1.165, 1.54) is 16.5 Å². The molecule has 0 unspecified atom stereocenters. The van der Waals surface area contributed by atoms with E-state index in [-0.39, 0.29) is 12.1 Å². The van der Waals surface area contributed by atoms with Crippen molar-refractivity contribution in [3.63, 3.8) is 0 Å². The van der Waals surface area contributed by atoms with Crippen molar-refractivity contribution >= 4 is 17.1 Å². The van der Waals surface area contributed by atoms with Gasteiger partial charge < -0.3 is 20.1 Å². The molecule has 3 rings (SSSR count). The second-order valence-corrected chi connectivity index (χ2v) is 6.99. The average molecular weight is 365 g/mol. The predicted molar refractivity (Wildman–Crippen MR) is 95.0 cm³/mol. The Bertz CT molecular complexity index is 947. The van der Waals surface area contributed by atoms with Gasteiger partial charge in [-0.1, -0.05) is 0 Å². The van der Waals surface area contributed by atoms with Crippen molar-refractivity contribution in [1.29, 1.82) is 0 Å². The lowest BCUT2D eigenvalue weighted by Crippen LogP contribution is -3.27. The van der Waals surface area contributed by atoms with Crippen LogP contribution in [-0.4, -0.2) is 57.3 Å². The Morgan fingerprint density at radius 1 is 1.12 bits per heavy atom. The molecule has 1 aliphatic rings. The topological polar surface area (TPSA) is 114 Å². The average Bonchev–Trinajstić information content (AvgIpc) is 2.96. The van der Waals surface area contributed by atoms with E-state index in [0.29, 0.717) is 18.0 Å². The molecule has 0 atom stereocenters. The third kappa shape index (κ3) is 3.17. The molecule has 0 aromatic carbocycles. The Labute approximate surface area is 150 Å². The zero-order valence-electron chi connectivity index (χ0n) is 15.5. The molecule has 4 N–H and O–H groups in total. The van der Waals surface area contributed by atoms with Crippen molar-refractivity contribution in [1.82, 2.24) is 18.7 Å². The van der Waals surface area contributed by atoms with E-state index in [2.05, 4.69) is 11.9 Å². The lowest BCUT2D eigenvalue weighted by molar-refractivity contribution is -1.02. The molecule has 1 amide bonds. The zero-order chi connectivity index (χ0) is 19.0. The van der Waals surface area contributed by atoms with Gasteiger partial charge in [-0.3, -0.25) is 18.7 Å². The number of amides is 1. The summed E-state index contributed by atoms with van der Waals surface area (Å²) in [5.41, 5.74) is 5.04. The highest BCUT2D eigenvalue weighted by Gasteiger charge is 2.26. The maximum absolute atomic E-state index is 12.6. The molecule has 142 valence electrons. The molecule has 1 aliphatic heterocycles. The van der Waals surface area contributed by atoms with Crippen LogP contribution in [0.2, 0.25) is 0 Å². The van der Waals surface area contributed by atoms with E-state index in [9.17, 15) is 14.4 Å². The van der Waals surface area contributed by atoms with E-state index in [1.54, 1.807) is 16.5 Å². The SMILES string of the molecule is CC[NH+]1CC[NH+](Cc2nc3c(c(=O)n(C)c(=O)n3C)n2CC(N)=O)CC1. The molecule has 0 saturated carbocycles. The molecule has 0 aliphatic carbocycles. The number of fused-ring (bicyclic) bond motifs is 1. The van der Waals surface area contributed by atoms with Crippen molar-refractivity contribution in [2.75, 3.05) is 32.7 Å². The van der Waals surface area contributed by atoms with E-state index in [0.717, 1.165) is 37.3 Å². The number of carbonyl (C=O) groups is 1. The van der Waals surface area contributed by atoms with Gasteiger partial charge in [-0.05, 0) is 6.92 Å². The summed E-state index contributed by atoms with van der Waals surface area (Å²) in [5, 5.41) is 0. The minimum absolute atomic E-state index is 0.126. The number of aryl methyl sites for hydroxylation is 1. The third-order valence-electron chi connectivity index (χ3n) is 5.31. The van der Waals surface area contributed by atoms with Gasteiger partial charge in [0.1, 0.15) is 39.3 Å². The quantitative estimate of drug-likeness (QED) is 0.494. The van der Waals surface area contributed by atoms with Crippen molar-refractivity contribution in [2.24, 2.45) is 19.8 Å². The van der Waals surface area contributed by atoms with E-state index < -0.39 is 17.2 Å². The van der Waals surface area contributed by atoms with Crippen LogP contribution in [0.1, 0.15) is 12.7 Å². The number of quaternary nitrogens is 2. The largest absolute Gasteiger partial charge is 0.368 e. The van der Waals surface area contributed by atoms with Gasteiger partial charge in [-0.2, -0.15) is 0 Å². The molecule has 2 aromatic rings. The van der Waals surface area contributed by atoms with Crippen LogP contribution >= 0.6 is 0 Å². The molecule has 2 aromatic heterocycles. The van der Waals surface area contributed by atoms with Gasteiger partial charge in [0.05, 0.1) is 6.54 Å². The summed E-state index contributed by atoms with van der Waals surface area (Å²) in [5.74, 6) is 0.0729. The Hall–Kier alpha value is -2.46. The number of primary amides is 1. The monoisotopic (exact) mass is 365 g/mol. The Balaban J connectivity index is 2.06. The number of hydrogen-bond acceptors (Lipinski definition) is 4. The van der Waals surface area contributed by atoms with Crippen molar-refractivity contribution in [3.8, 4) is 0 Å². The van der Waals surface area contributed by atoms with Gasteiger partial charge in [0.15, 0.2) is 17.0 Å². The molecule has 3 heterocycles. The van der Waals surface area contributed by atoms with Crippen LogP contribution in [0.15, 0.2) is 9.59 Å². The fourth-order valence-corrected chi connectivity index (χ4v) is 3.66. The highest BCUT2D eigenvalue weighted by Crippen LogP contribution is 2.10. The van der Waals surface area contributed by atoms with Gasteiger partial charge in [0.2, 0.25) is 5.91 Å². The lowest BCUT2D eigenvalue weighted by atomic mass is 10.3. The molecular weight excluding hydrogens is 338 g/mol. The number of imidazole rings is 1. The molecule has 1 fully saturated rings. The number of aromatic nitrogens is 4. The van der Waals surface area contributed by atoms with Gasteiger partial charge in [-0.15, -0.1) is 0 Å². The maximum atomic E-state index is 12.6. The van der Waals surface area contributed by atoms with E-state index in [1.807, 2.05) is 0 Å². The molecule has 10 nitrogen and oxygen atoms in total. The Kier molecular flexibility index (Phi) is 4.97. The molecule has 0 spiro atoms. The summed E-state index contributed by atoms with van der Waals surface area (Å²) in [7, 11) is 3.00. The van der Waals surface area contributed by atoms with Crippen LogP contribution in [0.5, 0.6) is 0 Å². The fraction of sp³-hybridized carbons (Fsp3) is 0.625. The van der Waals surface area contributed by atoms with Crippen molar-refractivity contribution < 1.29 is 14.6 Å². The van der Waals surface area contributed by atoms with Gasteiger partial charge in [0.25, 0.3) is 5.56 Å². The lowest BCUT2D eigenvalue weighted by Gasteiger charge is -2.28. The molecule has 26 heavy (non-hydrogen) atoms. The Morgan fingerprint density at radius 3 is 2.31 bits per heavy atom. The van der Waals surface area contributed by atoms with Crippen LogP contribution in [-0.2, 0) is 32.0 Å². The normalized spacial score (nSPS) is 20.6. The molecular formula is C16H27N7O3+2. The maximum Gasteiger partial charge on any atom is 0.332 e. The van der Waals surface area contributed by atoms with Gasteiger partial charge in [-0.25, -0.2) is 9.78 Å². The second-order valence-electron chi connectivity index (χ2n) is 6.99. The first-order valence-electron chi connectivity index (χ1n) is 8.94. The zero-order valence-corrected chi connectivity index (χ0v) is 15.5. The third-order valence-corrected chi connectivity index (χ3v) is 5.31. The van der Waals surface area contributed by atoms with Crippen LogP contribution in [0.3, 0.4) is 0 Å². The fourth-order valence-electron chi connectivity index (χ4n) is 3.66. The van der Waals surface area contributed by atoms with Crippen molar-refractivity contribution in [3.05, 3.63) is 26.7 Å². The minimum Gasteiger partial charge on any atom is -0.368 e. The first-order valence-corrected chi connectivity index (χ1v) is 8.94. The van der Waals surface area contributed by atoms with Crippen LogP contribution in [0.4, 0.5) is 0 Å². The number of nitrogens with one attached hydrogen (secondary N) is 2. The number of piperazine rings is 1. The minimum atomic E-state index is -0.545. The summed E-state index contributed by atoms with van der Waals surface area (Å²) in [6.45, 7) is 7.94. The molecule has 10 heteroatoms. The van der Waals surface area contributed by atoms with E-state index in [4.69, 9.17) is 5.73 Å². The van der Waals surface area contributed by atoms with E-state index >= 15 is 0 Å². The number of carbonyl (C=O) groups excluding carboxylic acids is 1. The summed E-state index contributed by atoms with van der Waals surface area (Å²) in [4.78, 5) is 43.8. The number of nitrogens with zero attached hydrogens (tertiary/aromatic N) is 4. The second kappa shape index (κ2) is 7.04. The summed E-state index contributed by atoms with van der Waals surface area (Å²) in [6, 6.07) is 0. The highest BCUT2D eigenvalue weighted by atomic mass is 16.2. The van der Waals surface area contributed by atoms with Crippen molar-refractivity contribution in [2.45, 2.75) is 20.0 Å². The number of rotatable bonds is 5. The number of likely N-dealkylation sites (N-methyl/N-ethyl adjacent to an activating group) is 1. The standard InChI is InChI=1S/C16H25N7O3/c1-4-21-5-7-22(8-6-21)10-12-18-14-13(23(12)9-11(17)24)15(25)20(3)16(26)19(14)2/h4-10H2,1-3H3,(H2,17,24)/p+2. The van der Waals surface area contributed by atoms with Crippen LogP contribution in [0, 0.1) is 0 Å². The number of hydrogen-bond donors (Lipinski definition) is 3. The smallest absolute Gasteiger partial charge is 0.332 e. The van der Waals surface area contributed by atoms with Crippen LogP contribution < -0.4 is 26.8 Å². The molecule has 1 saturated heterocycles. The Morgan fingerprint density at radius 2 is 1.73 bits per heavy atom. The molecule has 0 bridgehead atoms. The van der Waals surface area contributed by atoms with Crippen LogP contribution in [0.25, 0.3) is 11.2 Å². The summed E-state index contributed by atoms with van der Waals surface area (Å²) < 4.78 is 3.94. The summed E-state index contributed by atoms with van der Waals surface area (Å²) in [6.07, 6.45) is 0. The highest BCUT2D eigenvalue weighted by molar-refractivity contribution is 5.78. The molecule has 0 radical (unpaired) electrons. The first-order chi connectivity index (χ1) is 12.3. The first kappa shape index (κ1) is 18.3. The summed E-state index contributed by atoms with van der Waals surface area (Å²) >= 11 is 0. The number of nitrogens with two attached hydrogens (primary N) is 1.